The maximum Gasteiger partial charge on any atom is 0.214 e. The molecule has 0 N–H and O–H groups in total. The van der Waals surface area contributed by atoms with Gasteiger partial charge in [-0.25, -0.2) is 5.32 Å². The summed E-state index contributed by atoms with van der Waals surface area (Å²) in [6, 6.07) is 0. The van der Waals surface area contributed by atoms with E-state index >= 15 is 0 Å². The van der Waals surface area contributed by atoms with Crippen LogP contribution in [0.2, 0.25) is 0 Å². The van der Waals surface area contributed by atoms with Crippen LogP contribution in [0.25, 0.3) is 0 Å². The number of nitrogens with zero attached hydrogens (tertiary/aromatic N) is 1. The Balaban J connectivity index is 0. The zero-order valence-corrected chi connectivity index (χ0v) is 8.37. The van der Waals surface area contributed by atoms with Crippen molar-refractivity contribution in [3.63, 3.8) is 0 Å². The first kappa shape index (κ1) is 11.7. The SMILES string of the molecule is FC1=CC=C=C[N]1.[Cl-].[Zn]. The fraction of sp³-hybridized carbons (Fsp3) is 0. The van der Waals surface area contributed by atoms with Crippen LogP contribution in [0, 0.1) is 0 Å². The van der Waals surface area contributed by atoms with Crippen LogP contribution >= 0.6 is 0 Å². The van der Waals surface area contributed by atoms with Crippen molar-refractivity contribution in [2.45, 2.75) is 0 Å². The maximum atomic E-state index is 11.8. The van der Waals surface area contributed by atoms with E-state index in [2.05, 4.69) is 11.0 Å². The standard InChI is InChI=1S/C5H3FN.ClH.Zn/c6-5-3-1-2-4-7-5;;/h1,3-4H;1H;/p-1. The first-order valence-electron chi connectivity index (χ1n) is 1.87. The molecule has 0 amide bonds. The summed E-state index contributed by atoms with van der Waals surface area (Å²) in [7, 11) is 0. The molecular weight excluding hydrogens is 194 g/mol. The molecule has 1 aliphatic rings. The van der Waals surface area contributed by atoms with Crippen LogP contribution in [-0.2, 0) is 19.5 Å². The quantitative estimate of drug-likeness (QED) is 0.244. The molecule has 45 valence electrons. The van der Waals surface area contributed by atoms with Crippen LogP contribution in [0.5, 0.6) is 0 Å². The van der Waals surface area contributed by atoms with Gasteiger partial charge in [0, 0.05) is 25.6 Å². The average Bonchev–Trinajstić information content (AvgIpc) is 1.69. The molecule has 1 radical (unpaired) electrons. The summed E-state index contributed by atoms with van der Waals surface area (Å²) >= 11 is 0. The Labute approximate surface area is 71.9 Å². The summed E-state index contributed by atoms with van der Waals surface area (Å²) in [4.78, 5) is 0. The van der Waals surface area contributed by atoms with E-state index in [1.807, 2.05) is 0 Å². The van der Waals surface area contributed by atoms with E-state index in [1.165, 1.54) is 18.4 Å². The first-order valence-corrected chi connectivity index (χ1v) is 1.87. The van der Waals surface area contributed by atoms with Crippen LogP contribution in [0.15, 0.2) is 30.0 Å². The van der Waals surface area contributed by atoms with Crippen molar-refractivity contribution in [3.05, 3.63) is 30.0 Å². The number of hydrogen-bond acceptors (Lipinski definition) is 0. The van der Waals surface area contributed by atoms with E-state index in [0.717, 1.165) is 0 Å². The first-order chi connectivity index (χ1) is 3.39. The molecule has 1 nitrogen and oxygen atoms in total. The number of rotatable bonds is 0. The molecule has 9 heavy (non-hydrogen) atoms. The molecule has 0 aromatic rings. The van der Waals surface area contributed by atoms with Gasteiger partial charge in [0.2, 0.25) is 5.95 Å². The maximum absolute atomic E-state index is 11.8. The Morgan fingerprint density at radius 3 is 2.44 bits per heavy atom. The van der Waals surface area contributed by atoms with Crippen LogP contribution in [0.3, 0.4) is 0 Å². The Kier molecular flexibility index (Phi) is 7.82. The van der Waals surface area contributed by atoms with E-state index in [9.17, 15) is 4.39 Å². The third-order valence-electron chi connectivity index (χ3n) is 0.580. The Morgan fingerprint density at radius 2 is 2.22 bits per heavy atom. The van der Waals surface area contributed by atoms with Gasteiger partial charge in [0.1, 0.15) is 0 Å². The van der Waals surface area contributed by atoms with Crippen LogP contribution < -0.4 is 17.7 Å². The molecular formula is C5H3ClFNZn-. The van der Waals surface area contributed by atoms with Crippen molar-refractivity contribution in [1.29, 1.82) is 0 Å². The molecule has 0 saturated heterocycles. The smallest absolute Gasteiger partial charge is 0.214 e. The van der Waals surface area contributed by atoms with Crippen LogP contribution in [0.1, 0.15) is 0 Å². The normalized spacial score (nSPS) is 12.3. The Hall–Kier alpha value is -0.0966. The van der Waals surface area contributed by atoms with E-state index in [4.69, 9.17) is 0 Å². The molecule has 1 heterocycles. The van der Waals surface area contributed by atoms with Crippen LogP contribution in [0.4, 0.5) is 4.39 Å². The zero-order valence-electron chi connectivity index (χ0n) is 4.64. The molecule has 0 aromatic carbocycles. The molecule has 0 atom stereocenters. The molecule has 1 aliphatic heterocycles. The fourth-order valence-electron chi connectivity index (χ4n) is 0.302. The Bertz CT molecular complexity index is 160. The van der Waals surface area contributed by atoms with Gasteiger partial charge >= 0.3 is 0 Å². The van der Waals surface area contributed by atoms with E-state index in [1.54, 1.807) is 0 Å². The predicted molar refractivity (Wildman–Crippen MR) is 24.0 cm³/mol. The minimum Gasteiger partial charge on any atom is -1.00 e. The van der Waals surface area contributed by atoms with Gasteiger partial charge in [-0.3, -0.25) is 0 Å². The number of allylic oxidation sites excluding steroid dienone is 2. The number of hydrogen-bond donors (Lipinski definition) is 0. The fourth-order valence-corrected chi connectivity index (χ4v) is 0.302. The Morgan fingerprint density at radius 1 is 1.56 bits per heavy atom. The summed E-state index contributed by atoms with van der Waals surface area (Å²) in [5, 5.41) is 3.26. The zero-order chi connectivity index (χ0) is 5.11. The van der Waals surface area contributed by atoms with E-state index in [-0.39, 0.29) is 31.9 Å². The van der Waals surface area contributed by atoms with Crippen molar-refractivity contribution in [2.75, 3.05) is 0 Å². The average molecular weight is 197 g/mol. The molecule has 0 spiro atoms. The molecule has 0 saturated carbocycles. The second kappa shape index (κ2) is 6.03. The van der Waals surface area contributed by atoms with Gasteiger partial charge in [-0.2, -0.15) is 4.39 Å². The number of halogens is 2. The largest absolute Gasteiger partial charge is 1.00 e. The van der Waals surface area contributed by atoms with E-state index in [0.29, 0.717) is 0 Å². The van der Waals surface area contributed by atoms with Crippen LogP contribution in [-0.4, -0.2) is 0 Å². The molecule has 0 fully saturated rings. The van der Waals surface area contributed by atoms with Gasteiger partial charge in [-0.15, -0.1) is 5.73 Å². The van der Waals surface area contributed by atoms with Gasteiger partial charge in [0.05, 0.1) is 6.20 Å². The van der Waals surface area contributed by atoms with Gasteiger partial charge in [0.25, 0.3) is 0 Å². The summed E-state index contributed by atoms with van der Waals surface area (Å²) in [6.07, 6.45) is 4.01. The van der Waals surface area contributed by atoms with Crippen molar-refractivity contribution < 1.29 is 36.3 Å². The predicted octanol–water partition coefficient (Wildman–Crippen LogP) is -1.91. The van der Waals surface area contributed by atoms with Crippen molar-refractivity contribution in [3.8, 4) is 0 Å². The van der Waals surface area contributed by atoms with Gasteiger partial charge in [-0.05, 0) is 6.08 Å². The molecule has 0 aromatic heterocycles. The second-order valence-corrected chi connectivity index (χ2v) is 1.08. The topological polar surface area (TPSA) is 14.1 Å². The van der Waals surface area contributed by atoms with Crippen molar-refractivity contribution in [1.82, 2.24) is 5.32 Å². The molecule has 4 heteroatoms. The van der Waals surface area contributed by atoms with Crippen molar-refractivity contribution in [2.24, 2.45) is 0 Å². The molecule has 0 bridgehead atoms. The van der Waals surface area contributed by atoms with Crippen molar-refractivity contribution >= 4 is 0 Å². The molecule has 0 unspecified atom stereocenters. The van der Waals surface area contributed by atoms with Gasteiger partial charge in [0.15, 0.2) is 0 Å². The summed E-state index contributed by atoms with van der Waals surface area (Å²) in [5.41, 5.74) is 2.58. The third kappa shape index (κ3) is 4.41. The minimum atomic E-state index is -0.459. The van der Waals surface area contributed by atoms with Gasteiger partial charge < -0.3 is 12.4 Å². The molecule has 1 rings (SSSR count). The summed E-state index contributed by atoms with van der Waals surface area (Å²) < 4.78 is 11.8. The van der Waals surface area contributed by atoms with E-state index < -0.39 is 5.95 Å². The van der Waals surface area contributed by atoms with Gasteiger partial charge in [-0.1, -0.05) is 0 Å². The second-order valence-electron chi connectivity index (χ2n) is 1.08. The molecule has 0 aliphatic carbocycles. The third-order valence-corrected chi connectivity index (χ3v) is 0.580. The minimum absolute atomic E-state index is 0. The monoisotopic (exact) mass is 195 g/mol. The summed E-state index contributed by atoms with van der Waals surface area (Å²) in [6.45, 7) is 0. The summed E-state index contributed by atoms with van der Waals surface area (Å²) in [5.74, 6) is -0.459.